The van der Waals surface area contributed by atoms with Crippen molar-refractivity contribution in [1.82, 2.24) is 9.55 Å². The van der Waals surface area contributed by atoms with Crippen molar-refractivity contribution >= 4 is 18.0 Å². The molecule has 9 nitrogen and oxygen atoms in total. The number of nitrogens with zero attached hydrogens (tertiary/aromatic N) is 2. The minimum absolute atomic E-state index is 0.0288. The fraction of sp³-hybridized carbons (Fsp3) is 0.280. The third-order valence-electron chi connectivity index (χ3n) is 5.02. The number of ether oxygens (including phenoxy) is 3. The summed E-state index contributed by atoms with van der Waals surface area (Å²) in [7, 11) is 1.93. The van der Waals surface area contributed by atoms with E-state index in [1.165, 1.54) is 6.92 Å². The number of amidine groups is 1. The molecule has 3 rings (SSSR count). The highest BCUT2D eigenvalue weighted by Gasteiger charge is 2.15. The smallest absolute Gasteiger partial charge is 0.435 e. The van der Waals surface area contributed by atoms with Gasteiger partial charge in [-0.25, -0.2) is 9.78 Å². The molecule has 3 N–H and O–H groups in total. The zero-order valence-corrected chi connectivity index (χ0v) is 19.4. The first-order valence-corrected chi connectivity index (χ1v) is 10.9. The number of hydrogen-bond acceptors (Lipinski definition) is 7. The molecule has 2 aromatic carbocycles. The molecule has 3 aromatic rings. The van der Waals surface area contributed by atoms with Crippen molar-refractivity contribution in [3.8, 4) is 22.6 Å². The monoisotopic (exact) mass is 464 g/mol. The van der Waals surface area contributed by atoms with E-state index in [4.69, 9.17) is 25.6 Å². The number of esters is 1. The Balaban J connectivity index is 1.59. The van der Waals surface area contributed by atoms with Gasteiger partial charge >= 0.3 is 12.1 Å². The summed E-state index contributed by atoms with van der Waals surface area (Å²) < 4.78 is 16.5. The highest BCUT2D eigenvalue weighted by atomic mass is 16.8. The van der Waals surface area contributed by atoms with Crippen molar-refractivity contribution in [2.45, 2.75) is 33.0 Å². The van der Waals surface area contributed by atoms with Crippen LogP contribution in [0.4, 0.5) is 4.79 Å². The fourth-order valence-electron chi connectivity index (χ4n) is 3.32. The van der Waals surface area contributed by atoms with E-state index in [-0.39, 0.29) is 18.9 Å². The zero-order valence-electron chi connectivity index (χ0n) is 19.4. The van der Waals surface area contributed by atoms with Crippen LogP contribution in [0.25, 0.3) is 22.6 Å². The van der Waals surface area contributed by atoms with Gasteiger partial charge in [0, 0.05) is 43.3 Å². The first-order chi connectivity index (χ1) is 16.3. The first kappa shape index (κ1) is 24.5. The molecule has 34 heavy (non-hydrogen) atoms. The van der Waals surface area contributed by atoms with Gasteiger partial charge in [0.2, 0.25) is 6.29 Å². The van der Waals surface area contributed by atoms with Gasteiger partial charge < -0.3 is 24.5 Å². The SMILES string of the molecule is CCOC(=O)OC(C)OC(=O)CCc1ccc(-c2nc(-c3ccc(C(=N)N)cc3)cn2C)cc1. The lowest BCUT2D eigenvalue weighted by Crippen LogP contribution is -2.22. The van der Waals surface area contributed by atoms with Gasteiger partial charge in [-0.2, -0.15) is 0 Å². The van der Waals surface area contributed by atoms with E-state index >= 15 is 0 Å². The maximum absolute atomic E-state index is 12.0. The van der Waals surface area contributed by atoms with Crippen LogP contribution in [-0.2, 0) is 32.5 Å². The van der Waals surface area contributed by atoms with E-state index < -0.39 is 18.4 Å². The number of aryl methyl sites for hydroxylation is 2. The second-order valence-electron chi connectivity index (χ2n) is 7.61. The third kappa shape index (κ3) is 6.44. The van der Waals surface area contributed by atoms with Gasteiger partial charge in [-0.1, -0.05) is 48.5 Å². The topological polar surface area (TPSA) is 130 Å². The number of benzene rings is 2. The summed E-state index contributed by atoms with van der Waals surface area (Å²) in [5.74, 6) is 0.369. The van der Waals surface area contributed by atoms with Crippen LogP contribution in [0.15, 0.2) is 54.7 Å². The molecule has 1 aromatic heterocycles. The lowest BCUT2D eigenvalue weighted by molar-refractivity contribution is -0.167. The fourth-order valence-corrected chi connectivity index (χ4v) is 3.32. The van der Waals surface area contributed by atoms with Gasteiger partial charge in [-0.3, -0.25) is 10.2 Å². The number of nitrogen functional groups attached to an aromatic ring is 1. The standard InChI is InChI=1S/C25H28N4O5/c1-4-32-25(31)34-16(2)33-22(30)14-7-17-5-8-20(9-6-17)24-28-21(15-29(24)3)18-10-12-19(13-11-18)23(26)27/h5-6,8-13,15-16H,4,7,14H2,1-3H3,(H3,26,27). The molecule has 0 saturated heterocycles. The second kappa shape index (κ2) is 11.1. The maximum atomic E-state index is 12.0. The molecule has 0 aliphatic rings. The average Bonchev–Trinajstić information content (AvgIpc) is 3.19. The van der Waals surface area contributed by atoms with Crippen LogP contribution < -0.4 is 5.73 Å². The summed E-state index contributed by atoms with van der Waals surface area (Å²) in [6.45, 7) is 3.30. The summed E-state index contributed by atoms with van der Waals surface area (Å²) in [6, 6.07) is 15.2. The van der Waals surface area contributed by atoms with Crippen molar-refractivity contribution in [3.05, 3.63) is 65.9 Å². The number of carbonyl (C=O) groups is 2. The molecule has 178 valence electrons. The van der Waals surface area contributed by atoms with Crippen LogP contribution in [0, 0.1) is 5.41 Å². The van der Waals surface area contributed by atoms with Crippen molar-refractivity contribution in [2.75, 3.05) is 6.61 Å². The maximum Gasteiger partial charge on any atom is 0.511 e. The molecule has 0 aliphatic heterocycles. The van der Waals surface area contributed by atoms with Crippen molar-refractivity contribution < 1.29 is 23.8 Å². The second-order valence-corrected chi connectivity index (χ2v) is 7.61. The van der Waals surface area contributed by atoms with E-state index in [2.05, 4.69) is 4.74 Å². The Hall–Kier alpha value is -4.14. The molecular formula is C25H28N4O5. The van der Waals surface area contributed by atoms with Crippen LogP contribution in [-0.4, -0.2) is 40.4 Å². The quantitative estimate of drug-likeness (QED) is 0.212. The van der Waals surface area contributed by atoms with Crippen LogP contribution in [0.3, 0.4) is 0 Å². The van der Waals surface area contributed by atoms with Gasteiger partial charge in [0.1, 0.15) is 11.7 Å². The van der Waals surface area contributed by atoms with Gasteiger partial charge in [-0.05, 0) is 18.9 Å². The number of carbonyl (C=O) groups excluding carboxylic acids is 2. The lowest BCUT2D eigenvalue weighted by Gasteiger charge is -2.13. The summed E-state index contributed by atoms with van der Waals surface area (Å²) in [6.07, 6.45) is 0.703. The van der Waals surface area contributed by atoms with Crippen LogP contribution >= 0.6 is 0 Å². The van der Waals surface area contributed by atoms with Crippen molar-refractivity contribution in [2.24, 2.45) is 12.8 Å². The molecule has 1 unspecified atom stereocenters. The number of rotatable bonds is 9. The summed E-state index contributed by atoms with van der Waals surface area (Å²) in [5, 5.41) is 7.51. The van der Waals surface area contributed by atoms with Crippen molar-refractivity contribution in [3.63, 3.8) is 0 Å². The number of nitrogens with two attached hydrogens (primary N) is 1. The largest absolute Gasteiger partial charge is 0.511 e. The molecule has 0 aliphatic carbocycles. The first-order valence-electron chi connectivity index (χ1n) is 10.9. The van der Waals surface area contributed by atoms with Gasteiger partial charge in [0.25, 0.3) is 0 Å². The third-order valence-corrected chi connectivity index (χ3v) is 5.02. The number of nitrogens with one attached hydrogen (secondary N) is 1. The highest BCUT2D eigenvalue weighted by Crippen LogP contribution is 2.25. The molecule has 0 spiro atoms. The van der Waals surface area contributed by atoms with E-state index in [1.807, 2.05) is 54.2 Å². The summed E-state index contributed by atoms with van der Waals surface area (Å²) >= 11 is 0. The summed E-state index contributed by atoms with van der Waals surface area (Å²) in [4.78, 5) is 28.0. The molecule has 9 heteroatoms. The van der Waals surface area contributed by atoms with E-state index in [1.54, 1.807) is 19.1 Å². The lowest BCUT2D eigenvalue weighted by atomic mass is 10.1. The predicted molar refractivity (Wildman–Crippen MR) is 127 cm³/mol. The Morgan fingerprint density at radius 1 is 1.06 bits per heavy atom. The molecular weight excluding hydrogens is 436 g/mol. The van der Waals surface area contributed by atoms with Crippen LogP contribution in [0.1, 0.15) is 31.4 Å². The minimum Gasteiger partial charge on any atom is -0.435 e. The Morgan fingerprint density at radius 2 is 1.71 bits per heavy atom. The molecule has 0 saturated carbocycles. The van der Waals surface area contributed by atoms with E-state index in [0.29, 0.717) is 12.0 Å². The zero-order chi connectivity index (χ0) is 24.7. The molecule has 0 bridgehead atoms. The van der Waals surface area contributed by atoms with E-state index in [9.17, 15) is 9.59 Å². The number of aromatic nitrogens is 2. The molecule has 0 amide bonds. The van der Waals surface area contributed by atoms with Gasteiger partial charge in [0.05, 0.1) is 12.3 Å². The summed E-state index contributed by atoms with van der Waals surface area (Å²) in [5.41, 5.74) is 9.85. The highest BCUT2D eigenvalue weighted by molar-refractivity contribution is 5.95. The minimum atomic E-state index is -1.01. The Bertz CT molecular complexity index is 1150. The molecule has 1 atom stereocenters. The molecule has 0 fully saturated rings. The van der Waals surface area contributed by atoms with Crippen LogP contribution in [0.2, 0.25) is 0 Å². The predicted octanol–water partition coefficient (Wildman–Crippen LogP) is 4.03. The van der Waals surface area contributed by atoms with Crippen molar-refractivity contribution in [1.29, 1.82) is 5.41 Å². The van der Waals surface area contributed by atoms with E-state index in [0.717, 1.165) is 28.2 Å². The van der Waals surface area contributed by atoms with Crippen LogP contribution in [0.5, 0.6) is 0 Å². The molecule has 0 radical (unpaired) electrons. The molecule has 1 heterocycles. The van der Waals surface area contributed by atoms with Gasteiger partial charge in [0.15, 0.2) is 0 Å². The Kier molecular flexibility index (Phi) is 8.02. The average molecular weight is 465 g/mol. The number of hydrogen-bond donors (Lipinski definition) is 2. The Labute approximate surface area is 198 Å². The number of imidazole rings is 1. The Morgan fingerprint density at radius 3 is 2.32 bits per heavy atom. The van der Waals surface area contributed by atoms with Gasteiger partial charge in [-0.15, -0.1) is 0 Å². The normalized spacial score (nSPS) is 11.5.